The van der Waals surface area contributed by atoms with Gasteiger partial charge < -0.3 is 14.5 Å². The highest BCUT2D eigenvalue weighted by atomic mass is 15.3. The maximum Gasteiger partial charge on any atom is 0.204 e. The number of aromatic amines is 1. The Morgan fingerprint density at radius 3 is 3.05 bits per heavy atom. The van der Waals surface area contributed by atoms with Gasteiger partial charge in [0.2, 0.25) is 5.95 Å². The number of para-hydroxylation sites is 2. The molecule has 2 aromatic heterocycles. The first-order chi connectivity index (χ1) is 10.3. The fourth-order valence-corrected chi connectivity index (χ4v) is 3.20. The first-order valence-electron chi connectivity index (χ1n) is 7.50. The van der Waals surface area contributed by atoms with Crippen molar-refractivity contribution in [3.8, 4) is 0 Å². The van der Waals surface area contributed by atoms with Gasteiger partial charge >= 0.3 is 0 Å². The predicted molar refractivity (Wildman–Crippen MR) is 83.4 cm³/mol. The number of hydrogen-bond acceptors (Lipinski definition) is 3. The second-order valence-electron chi connectivity index (χ2n) is 5.69. The zero-order valence-electron chi connectivity index (χ0n) is 12.2. The van der Waals surface area contributed by atoms with E-state index in [1.807, 2.05) is 18.3 Å². The number of H-pyrrole nitrogens is 1. The number of rotatable bonds is 3. The lowest BCUT2D eigenvalue weighted by molar-refractivity contribution is 0.536. The molecule has 1 N–H and O–H groups in total. The molecular weight excluding hydrogens is 262 g/mol. The van der Waals surface area contributed by atoms with Crippen LogP contribution in [0.15, 0.2) is 36.7 Å². The summed E-state index contributed by atoms with van der Waals surface area (Å²) in [5, 5.41) is 0. The smallest absolute Gasteiger partial charge is 0.204 e. The molecule has 0 amide bonds. The highest BCUT2D eigenvalue weighted by Crippen LogP contribution is 2.26. The first-order valence-corrected chi connectivity index (χ1v) is 7.50. The van der Waals surface area contributed by atoms with Crippen LogP contribution in [-0.4, -0.2) is 32.1 Å². The molecule has 1 aromatic carbocycles. The van der Waals surface area contributed by atoms with E-state index in [1.165, 1.54) is 12.8 Å². The van der Waals surface area contributed by atoms with Crippen molar-refractivity contribution in [2.45, 2.75) is 32.4 Å². The van der Waals surface area contributed by atoms with Gasteiger partial charge in [0.15, 0.2) is 0 Å². The van der Waals surface area contributed by atoms with Crippen LogP contribution in [0.1, 0.15) is 18.7 Å². The van der Waals surface area contributed by atoms with Crippen molar-refractivity contribution in [2.24, 2.45) is 0 Å². The molecule has 108 valence electrons. The highest BCUT2D eigenvalue weighted by Gasteiger charge is 2.27. The number of aromatic nitrogens is 4. The molecule has 0 bridgehead atoms. The number of nitrogens with one attached hydrogen (secondary N) is 1. The number of nitrogens with zero attached hydrogens (tertiary/aromatic N) is 4. The Hall–Kier alpha value is -2.30. The number of benzene rings is 1. The minimum absolute atomic E-state index is 0.485. The van der Waals surface area contributed by atoms with E-state index in [0.29, 0.717) is 6.04 Å². The quantitative estimate of drug-likeness (QED) is 0.803. The van der Waals surface area contributed by atoms with Gasteiger partial charge in [-0.2, -0.15) is 0 Å². The fourth-order valence-electron chi connectivity index (χ4n) is 3.20. The summed E-state index contributed by atoms with van der Waals surface area (Å²) in [5.74, 6) is 2.07. The lowest BCUT2D eigenvalue weighted by Crippen LogP contribution is -2.33. The van der Waals surface area contributed by atoms with Crippen molar-refractivity contribution in [1.29, 1.82) is 0 Å². The van der Waals surface area contributed by atoms with Crippen LogP contribution in [0.25, 0.3) is 11.0 Å². The Kier molecular flexibility index (Phi) is 2.91. The van der Waals surface area contributed by atoms with Gasteiger partial charge in [0.25, 0.3) is 0 Å². The van der Waals surface area contributed by atoms with Gasteiger partial charge in [-0.15, -0.1) is 0 Å². The third-order valence-electron chi connectivity index (χ3n) is 4.36. The molecule has 1 saturated heterocycles. The predicted octanol–water partition coefficient (Wildman–Crippen LogP) is 2.74. The normalized spacial score (nSPS) is 18.7. The third-order valence-corrected chi connectivity index (χ3v) is 4.36. The molecule has 21 heavy (non-hydrogen) atoms. The number of anilines is 1. The van der Waals surface area contributed by atoms with Crippen LogP contribution in [0.5, 0.6) is 0 Å². The number of fused-ring (bicyclic) bond motifs is 1. The van der Waals surface area contributed by atoms with E-state index in [-0.39, 0.29) is 0 Å². The van der Waals surface area contributed by atoms with Crippen LogP contribution in [0.2, 0.25) is 0 Å². The van der Waals surface area contributed by atoms with Gasteiger partial charge in [-0.3, -0.25) is 0 Å². The van der Waals surface area contributed by atoms with E-state index >= 15 is 0 Å². The molecule has 1 aliphatic heterocycles. The Morgan fingerprint density at radius 1 is 1.33 bits per heavy atom. The van der Waals surface area contributed by atoms with Crippen molar-refractivity contribution in [1.82, 2.24) is 19.5 Å². The van der Waals surface area contributed by atoms with Crippen LogP contribution >= 0.6 is 0 Å². The van der Waals surface area contributed by atoms with Gasteiger partial charge in [0.1, 0.15) is 5.82 Å². The molecular formula is C16H19N5. The average Bonchev–Trinajstić information content (AvgIpc) is 3.19. The zero-order chi connectivity index (χ0) is 14.2. The summed E-state index contributed by atoms with van der Waals surface area (Å²) >= 11 is 0. The Morgan fingerprint density at radius 2 is 2.24 bits per heavy atom. The lowest BCUT2D eigenvalue weighted by atomic mass is 10.2. The molecule has 1 aliphatic rings. The van der Waals surface area contributed by atoms with E-state index in [4.69, 9.17) is 4.98 Å². The summed E-state index contributed by atoms with van der Waals surface area (Å²) in [7, 11) is 0. The Bertz CT molecular complexity index is 724. The van der Waals surface area contributed by atoms with Crippen LogP contribution in [0.3, 0.4) is 0 Å². The molecule has 5 nitrogen and oxygen atoms in total. The molecule has 5 heteroatoms. The molecule has 0 spiro atoms. The average molecular weight is 281 g/mol. The van der Waals surface area contributed by atoms with Crippen molar-refractivity contribution in [3.05, 3.63) is 42.5 Å². The van der Waals surface area contributed by atoms with Gasteiger partial charge in [-0.05, 0) is 31.9 Å². The topological polar surface area (TPSA) is 49.7 Å². The molecule has 0 unspecified atom stereocenters. The molecule has 0 radical (unpaired) electrons. The molecule has 3 heterocycles. The van der Waals surface area contributed by atoms with E-state index in [0.717, 1.165) is 35.9 Å². The van der Waals surface area contributed by atoms with Gasteiger partial charge in [-0.25, -0.2) is 9.97 Å². The number of aryl methyl sites for hydroxylation is 1. The Labute approximate surface area is 123 Å². The van der Waals surface area contributed by atoms with Crippen molar-refractivity contribution in [3.63, 3.8) is 0 Å². The molecule has 0 aliphatic carbocycles. The van der Waals surface area contributed by atoms with Crippen molar-refractivity contribution in [2.75, 3.05) is 11.4 Å². The Balaban J connectivity index is 1.62. The summed E-state index contributed by atoms with van der Waals surface area (Å²) in [5.41, 5.74) is 2.15. The molecule has 0 saturated carbocycles. The van der Waals surface area contributed by atoms with E-state index < -0.39 is 0 Å². The zero-order valence-corrected chi connectivity index (χ0v) is 12.2. The summed E-state index contributed by atoms with van der Waals surface area (Å²) in [4.78, 5) is 14.9. The van der Waals surface area contributed by atoms with Gasteiger partial charge in [0.05, 0.1) is 11.0 Å². The largest absolute Gasteiger partial charge is 0.338 e. The highest BCUT2D eigenvalue weighted by molar-refractivity contribution is 5.77. The molecule has 1 fully saturated rings. The summed E-state index contributed by atoms with van der Waals surface area (Å²) in [6, 6.07) is 8.69. The maximum atomic E-state index is 4.74. The van der Waals surface area contributed by atoms with Crippen molar-refractivity contribution >= 4 is 17.0 Å². The minimum Gasteiger partial charge on any atom is -0.338 e. The van der Waals surface area contributed by atoms with Crippen LogP contribution in [0.4, 0.5) is 5.95 Å². The summed E-state index contributed by atoms with van der Waals surface area (Å²) < 4.78 is 2.23. The maximum absolute atomic E-state index is 4.74. The lowest BCUT2D eigenvalue weighted by Gasteiger charge is -2.24. The first kappa shape index (κ1) is 12.4. The number of imidazole rings is 2. The van der Waals surface area contributed by atoms with Crippen LogP contribution < -0.4 is 4.90 Å². The minimum atomic E-state index is 0.485. The molecule has 3 aromatic rings. The second-order valence-corrected chi connectivity index (χ2v) is 5.69. The van der Waals surface area contributed by atoms with E-state index in [9.17, 15) is 0 Å². The van der Waals surface area contributed by atoms with E-state index in [1.54, 1.807) is 0 Å². The second kappa shape index (κ2) is 4.91. The fraction of sp³-hybridized carbons (Fsp3) is 0.375. The molecule has 1 atom stereocenters. The summed E-state index contributed by atoms with van der Waals surface area (Å²) in [6.45, 7) is 4.10. The monoisotopic (exact) mass is 281 g/mol. The van der Waals surface area contributed by atoms with E-state index in [2.05, 4.69) is 44.7 Å². The SMILES string of the molecule is Cc1nccn1C[C@H]1CCCN1c1nc2ccccc2[nH]1. The van der Waals surface area contributed by atoms with Crippen molar-refractivity contribution < 1.29 is 0 Å². The standard InChI is InChI=1S/C16H19N5/c1-12-17-8-10-20(12)11-13-5-4-9-21(13)16-18-14-6-2-3-7-15(14)19-16/h2-3,6-8,10,13H,4-5,9,11H2,1H3,(H,18,19)/t13-/m1/s1. The molecule has 4 rings (SSSR count). The van der Waals surface area contributed by atoms with Crippen LogP contribution in [0, 0.1) is 6.92 Å². The summed E-state index contributed by atoms with van der Waals surface area (Å²) in [6.07, 6.45) is 6.35. The van der Waals surface area contributed by atoms with Crippen LogP contribution in [-0.2, 0) is 6.54 Å². The number of hydrogen-bond donors (Lipinski definition) is 1. The van der Waals surface area contributed by atoms with Gasteiger partial charge in [-0.1, -0.05) is 12.1 Å². The third kappa shape index (κ3) is 2.18. The van der Waals surface area contributed by atoms with Gasteiger partial charge in [0, 0.05) is 31.5 Å².